The fraction of sp³-hybridized carbons (Fsp3) is 0.722. The summed E-state index contributed by atoms with van der Waals surface area (Å²) < 4.78 is 6.33. The normalized spacial score (nSPS) is 17.5. The molecule has 3 heteroatoms. The number of hydrogen-bond acceptors (Lipinski definition) is 3. The summed E-state index contributed by atoms with van der Waals surface area (Å²) in [6.07, 6.45) is 10.0. The van der Waals surface area contributed by atoms with Crippen LogP contribution < -0.4 is 10.1 Å². The Labute approximate surface area is 129 Å². The van der Waals surface area contributed by atoms with E-state index in [2.05, 4.69) is 37.1 Å². The van der Waals surface area contributed by atoms with E-state index in [-0.39, 0.29) is 5.54 Å². The van der Waals surface area contributed by atoms with Crippen LogP contribution in [0.2, 0.25) is 0 Å². The maximum Gasteiger partial charge on any atom is 0.127 e. The predicted octanol–water partition coefficient (Wildman–Crippen LogP) is 4.38. The Bertz CT molecular complexity index is 443. The van der Waals surface area contributed by atoms with Gasteiger partial charge in [-0.25, -0.2) is 0 Å². The summed E-state index contributed by atoms with van der Waals surface area (Å²) in [5.74, 6) is 1.02. The van der Waals surface area contributed by atoms with Crippen LogP contribution in [0.3, 0.4) is 0 Å². The zero-order valence-corrected chi connectivity index (χ0v) is 14.0. The zero-order chi connectivity index (χ0) is 15.3. The molecule has 2 rings (SSSR count). The third-order valence-electron chi connectivity index (χ3n) is 3.99. The average Bonchev–Trinajstić information content (AvgIpc) is 2.65. The summed E-state index contributed by atoms with van der Waals surface area (Å²) in [5.41, 5.74) is 2.29. The Morgan fingerprint density at radius 2 is 1.86 bits per heavy atom. The lowest BCUT2D eigenvalue weighted by atomic mass is 10.1. The number of nitrogens with one attached hydrogen (secondary N) is 1. The fourth-order valence-corrected chi connectivity index (χ4v) is 2.71. The van der Waals surface area contributed by atoms with Crippen LogP contribution in [-0.4, -0.2) is 16.6 Å². The van der Waals surface area contributed by atoms with E-state index in [0.717, 1.165) is 18.0 Å². The first-order chi connectivity index (χ1) is 9.94. The number of pyridine rings is 1. The first-order valence-corrected chi connectivity index (χ1v) is 8.31. The van der Waals surface area contributed by atoms with Gasteiger partial charge >= 0.3 is 0 Å². The highest BCUT2D eigenvalue weighted by atomic mass is 16.5. The van der Waals surface area contributed by atoms with Gasteiger partial charge in [0.1, 0.15) is 5.75 Å². The molecule has 0 spiro atoms. The van der Waals surface area contributed by atoms with E-state index in [9.17, 15) is 0 Å². The lowest BCUT2D eigenvalue weighted by molar-refractivity contribution is 0.181. The van der Waals surface area contributed by atoms with Crippen molar-refractivity contribution in [1.29, 1.82) is 0 Å². The molecule has 3 nitrogen and oxygen atoms in total. The first kappa shape index (κ1) is 16.3. The number of rotatable bonds is 4. The number of aryl methyl sites for hydroxylation is 1. The van der Waals surface area contributed by atoms with Crippen LogP contribution >= 0.6 is 0 Å². The topological polar surface area (TPSA) is 34.1 Å². The minimum Gasteiger partial charge on any atom is -0.490 e. The highest BCUT2D eigenvalue weighted by Crippen LogP contribution is 2.26. The van der Waals surface area contributed by atoms with Gasteiger partial charge in [-0.05, 0) is 53.4 Å². The van der Waals surface area contributed by atoms with Crippen molar-refractivity contribution in [3.05, 3.63) is 23.5 Å². The third kappa shape index (κ3) is 5.66. The second-order valence-electron chi connectivity index (χ2n) is 7.27. The van der Waals surface area contributed by atoms with Gasteiger partial charge < -0.3 is 10.1 Å². The van der Waals surface area contributed by atoms with Crippen molar-refractivity contribution in [2.24, 2.45) is 0 Å². The van der Waals surface area contributed by atoms with Gasteiger partial charge in [-0.3, -0.25) is 4.98 Å². The number of hydrogen-bond donors (Lipinski definition) is 1. The van der Waals surface area contributed by atoms with Crippen molar-refractivity contribution in [1.82, 2.24) is 10.3 Å². The Morgan fingerprint density at radius 1 is 1.19 bits per heavy atom. The summed E-state index contributed by atoms with van der Waals surface area (Å²) in [6, 6.07) is 2.09. The van der Waals surface area contributed by atoms with E-state index in [0.29, 0.717) is 6.10 Å². The van der Waals surface area contributed by atoms with Crippen LogP contribution in [-0.2, 0) is 6.54 Å². The molecule has 1 aliphatic rings. The van der Waals surface area contributed by atoms with Crippen LogP contribution in [0.15, 0.2) is 12.3 Å². The van der Waals surface area contributed by atoms with Crippen LogP contribution in [0.25, 0.3) is 0 Å². The lowest BCUT2D eigenvalue weighted by Crippen LogP contribution is -2.35. The molecule has 1 aliphatic carbocycles. The standard InChI is InChI=1S/C18H30N2O/c1-14-11-17(21-16-9-7-5-6-8-10-16)15(12-19-14)13-20-18(2,3)4/h11-12,16,20H,5-10,13H2,1-4H3. The van der Waals surface area contributed by atoms with E-state index in [1.165, 1.54) is 44.1 Å². The molecule has 0 aliphatic heterocycles. The summed E-state index contributed by atoms with van der Waals surface area (Å²) in [7, 11) is 0. The van der Waals surface area contributed by atoms with Gasteiger partial charge in [-0.2, -0.15) is 0 Å². The lowest BCUT2D eigenvalue weighted by Gasteiger charge is -2.23. The van der Waals surface area contributed by atoms with Gasteiger partial charge in [0.2, 0.25) is 0 Å². The predicted molar refractivity (Wildman–Crippen MR) is 87.7 cm³/mol. The highest BCUT2D eigenvalue weighted by molar-refractivity contribution is 5.33. The summed E-state index contributed by atoms with van der Waals surface area (Å²) in [6.45, 7) is 9.38. The van der Waals surface area contributed by atoms with Crippen LogP contribution in [0.1, 0.15) is 70.6 Å². The maximum atomic E-state index is 6.33. The van der Waals surface area contributed by atoms with Crippen molar-refractivity contribution >= 4 is 0 Å². The summed E-state index contributed by atoms with van der Waals surface area (Å²) in [5, 5.41) is 3.53. The Hall–Kier alpha value is -1.09. The van der Waals surface area contributed by atoms with E-state index < -0.39 is 0 Å². The highest BCUT2D eigenvalue weighted by Gasteiger charge is 2.17. The van der Waals surface area contributed by atoms with Crippen LogP contribution in [0.5, 0.6) is 5.75 Å². The van der Waals surface area contributed by atoms with Crippen molar-refractivity contribution < 1.29 is 4.74 Å². The second kappa shape index (κ2) is 7.26. The van der Waals surface area contributed by atoms with E-state index in [1.54, 1.807) is 0 Å². The van der Waals surface area contributed by atoms with Crippen LogP contribution in [0.4, 0.5) is 0 Å². The van der Waals surface area contributed by atoms with Gasteiger partial charge in [-0.15, -0.1) is 0 Å². The third-order valence-corrected chi connectivity index (χ3v) is 3.99. The molecule has 0 saturated heterocycles. The van der Waals surface area contributed by atoms with Crippen molar-refractivity contribution in [2.75, 3.05) is 0 Å². The van der Waals surface area contributed by atoms with Gasteiger partial charge in [0, 0.05) is 35.6 Å². The molecule has 118 valence electrons. The quantitative estimate of drug-likeness (QED) is 0.836. The maximum absolute atomic E-state index is 6.33. The Kier molecular flexibility index (Phi) is 5.63. The molecular formula is C18H30N2O. The van der Waals surface area contributed by atoms with Crippen LogP contribution in [0, 0.1) is 6.92 Å². The largest absolute Gasteiger partial charge is 0.490 e. The molecule has 1 aromatic heterocycles. The minimum absolute atomic E-state index is 0.102. The molecule has 0 amide bonds. The number of nitrogens with zero attached hydrogens (tertiary/aromatic N) is 1. The average molecular weight is 290 g/mol. The molecule has 1 aromatic rings. The Balaban J connectivity index is 2.07. The van der Waals surface area contributed by atoms with Crippen molar-refractivity contribution in [3.63, 3.8) is 0 Å². The second-order valence-corrected chi connectivity index (χ2v) is 7.27. The molecule has 1 N–H and O–H groups in total. The minimum atomic E-state index is 0.102. The molecule has 0 atom stereocenters. The summed E-state index contributed by atoms with van der Waals surface area (Å²) in [4.78, 5) is 4.43. The monoisotopic (exact) mass is 290 g/mol. The van der Waals surface area contributed by atoms with Crippen molar-refractivity contribution in [3.8, 4) is 5.75 Å². The van der Waals surface area contributed by atoms with E-state index in [1.807, 2.05) is 13.1 Å². The molecule has 21 heavy (non-hydrogen) atoms. The molecular weight excluding hydrogens is 260 g/mol. The number of aromatic nitrogens is 1. The number of ether oxygens (including phenoxy) is 1. The van der Waals surface area contributed by atoms with Gasteiger partial charge in [0.15, 0.2) is 0 Å². The first-order valence-electron chi connectivity index (χ1n) is 8.31. The molecule has 0 bridgehead atoms. The summed E-state index contributed by atoms with van der Waals surface area (Å²) >= 11 is 0. The molecule has 0 aromatic carbocycles. The smallest absolute Gasteiger partial charge is 0.127 e. The van der Waals surface area contributed by atoms with Gasteiger partial charge in [0.25, 0.3) is 0 Å². The fourth-order valence-electron chi connectivity index (χ4n) is 2.71. The molecule has 0 radical (unpaired) electrons. The zero-order valence-electron chi connectivity index (χ0n) is 14.0. The van der Waals surface area contributed by atoms with E-state index >= 15 is 0 Å². The molecule has 1 heterocycles. The molecule has 0 unspecified atom stereocenters. The van der Waals surface area contributed by atoms with E-state index in [4.69, 9.17) is 4.74 Å². The Morgan fingerprint density at radius 3 is 2.48 bits per heavy atom. The molecule has 1 fully saturated rings. The van der Waals surface area contributed by atoms with Gasteiger partial charge in [-0.1, -0.05) is 12.8 Å². The SMILES string of the molecule is Cc1cc(OC2CCCCCC2)c(CNC(C)(C)C)cn1. The molecule has 1 saturated carbocycles. The van der Waals surface area contributed by atoms with Crippen molar-refractivity contribution in [2.45, 2.75) is 84.4 Å². The van der Waals surface area contributed by atoms with Gasteiger partial charge in [0.05, 0.1) is 6.10 Å².